The van der Waals surface area contributed by atoms with Crippen molar-refractivity contribution < 1.29 is 9.53 Å². The Balaban J connectivity index is 3.68. The summed E-state index contributed by atoms with van der Waals surface area (Å²) in [4.78, 5) is 11.0. The van der Waals surface area contributed by atoms with Crippen molar-refractivity contribution in [2.24, 2.45) is 11.7 Å². The first kappa shape index (κ1) is 11.7. The molecular formula is C8H17N3O2. The summed E-state index contributed by atoms with van der Waals surface area (Å²) in [5.41, 5.74) is 5.15. The topological polar surface area (TPSA) is 88.2 Å². The molecule has 76 valence electrons. The van der Waals surface area contributed by atoms with Crippen LogP contribution in [0.4, 0.5) is 4.79 Å². The van der Waals surface area contributed by atoms with Gasteiger partial charge in [-0.05, 0) is 12.8 Å². The Kier molecular flexibility index (Phi) is 4.87. The van der Waals surface area contributed by atoms with Gasteiger partial charge in [-0.25, -0.2) is 4.79 Å². The number of hydrogen-bond donors (Lipinski definition) is 3. The van der Waals surface area contributed by atoms with Crippen molar-refractivity contribution in [3.63, 3.8) is 0 Å². The number of amides is 1. The number of hydrogen-bond acceptors (Lipinski definition) is 3. The molecule has 1 atom stereocenters. The van der Waals surface area contributed by atoms with Crippen molar-refractivity contribution in [3.05, 3.63) is 0 Å². The highest BCUT2D eigenvalue weighted by molar-refractivity contribution is 5.85. The lowest BCUT2D eigenvalue weighted by atomic mass is 10.2. The molecule has 0 aromatic carbocycles. The van der Waals surface area contributed by atoms with Crippen molar-refractivity contribution in [1.29, 1.82) is 5.41 Å². The van der Waals surface area contributed by atoms with E-state index < -0.39 is 12.1 Å². The zero-order valence-electron chi connectivity index (χ0n) is 8.26. The highest BCUT2D eigenvalue weighted by Gasteiger charge is 2.10. The standard InChI is InChI=1S/C8H17N3O2/c1-5(2)4-13-8(12)11-6(3)7(9)10/h5-6H,4H2,1-3H3,(H3,9,10)(H,11,12). The van der Waals surface area contributed by atoms with E-state index in [1.165, 1.54) is 0 Å². The number of rotatable bonds is 4. The van der Waals surface area contributed by atoms with E-state index in [1.54, 1.807) is 6.92 Å². The summed E-state index contributed by atoms with van der Waals surface area (Å²) in [6.07, 6.45) is -0.531. The largest absolute Gasteiger partial charge is 0.449 e. The van der Waals surface area contributed by atoms with Gasteiger partial charge in [-0.1, -0.05) is 13.8 Å². The number of carbonyl (C=O) groups is 1. The molecule has 13 heavy (non-hydrogen) atoms. The fourth-order valence-electron chi connectivity index (χ4n) is 0.539. The van der Waals surface area contributed by atoms with E-state index in [-0.39, 0.29) is 5.84 Å². The van der Waals surface area contributed by atoms with E-state index in [0.717, 1.165) is 0 Å². The first-order valence-electron chi connectivity index (χ1n) is 4.20. The van der Waals surface area contributed by atoms with Gasteiger partial charge in [0.05, 0.1) is 12.6 Å². The summed E-state index contributed by atoms with van der Waals surface area (Å²) in [7, 11) is 0. The summed E-state index contributed by atoms with van der Waals surface area (Å²) in [5.74, 6) is 0.222. The molecule has 0 aliphatic rings. The first-order valence-corrected chi connectivity index (χ1v) is 4.20. The number of ether oxygens (including phenoxy) is 1. The number of alkyl carbamates (subject to hydrolysis) is 1. The lowest BCUT2D eigenvalue weighted by Crippen LogP contribution is -2.42. The van der Waals surface area contributed by atoms with Gasteiger partial charge in [-0.15, -0.1) is 0 Å². The SMILES string of the molecule is CC(C)COC(=O)NC(C)C(=N)N. The molecule has 0 rings (SSSR count). The molecule has 0 radical (unpaired) electrons. The van der Waals surface area contributed by atoms with Gasteiger partial charge >= 0.3 is 6.09 Å². The van der Waals surface area contributed by atoms with Crippen LogP contribution in [0.2, 0.25) is 0 Å². The predicted octanol–water partition coefficient (Wildman–Crippen LogP) is 0.693. The molecule has 0 heterocycles. The lowest BCUT2D eigenvalue weighted by molar-refractivity contribution is 0.132. The number of amidine groups is 1. The second kappa shape index (κ2) is 5.40. The first-order chi connectivity index (χ1) is 5.93. The summed E-state index contributed by atoms with van der Waals surface area (Å²) >= 11 is 0. The Morgan fingerprint density at radius 3 is 2.46 bits per heavy atom. The van der Waals surface area contributed by atoms with Gasteiger partial charge in [0.25, 0.3) is 0 Å². The second-order valence-electron chi connectivity index (χ2n) is 3.31. The molecule has 0 aromatic rings. The zero-order chi connectivity index (χ0) is 10.4. The van der Waals surface area contributed by atoms with Gasteiger partial charge in [0.2, 0.25) is 0 Å². The van der Waals surface area contributed by atoms with Crippen LogP contribution in [-0.2, 0) is 4.74 Å². The summed E-state index contributed by atoms with van der Waals surface area (Å²) < 4.78 is 4.82. The normalized spacial score (nSPS) is 12.3. The molecule has 0 saturated carbocycles. The highest BCUT2D eigenvalue weighted by Crippen LogP contribution is 1.93. The van der Waals surface area contributed by atoms with Gasteiger partial charge in [0.1, 0.15) is 5.84 Å². The van der Waals surface area contributed by atoms with Crippen LogP contribution in [-0.4, -0.2) is 24.6 Å². The molecule has 5 nitrogen and oxygen atoms in total. The van der Waals surface area contributed by atoms with Crippen LogP contribution in [0.3, 0.4) is 0 Å². The molecule has 0 saturated heterocycles. The van der Waals surface area contributed by atoms with Gasteiger partial charge in [0.15, 0.2) is 0 Å². The Morgan fingerprint density at radius 2 is 2.08 bits per heavy atom. The van der Waals surface area contributed by atoms with Gasteiger partial charge in [-0.3, -0.25) is 5.41 Å². The van der Waals surface area contributed by atoms with E-state index >= 15 is 0 Å². The van der Waals surface area contributed by atoms with Crippen LogP contribution in [0, 0.1) is 11.3 Å². The van der Waals surface area contributed by atoms with Crippen molar-refractivity contribution in [2.45, 2.75) is 26.8 Å². The maximum atomic E-state index is 11.0. The summed E-state index contributed by atoms with van der Waals surface area (Å²) in [5, 5.41) is 9.44. The third kappa shape index (κ3) is 5.95. The van der Waals surface area contributed by atoms with Crippen molar-refractivity contribution >= 4 is 11.9 Å². The minimum absolute atomic E-state index is 0.0819. The molecule has 0 spiro atoms. The molecule has 1 unspecified atom stereocenters. The van der Waals surface area contributed by atoms with E-state index in [2.05, 4.69) is 5.32 Å². The van der Waals surface area contributed by atoms with E-state index in [0.29, 0.717) is 12.5 Å². The van der Waals surface area contributed by atoms with Crippen molar-refractivity contribution in [2.75, 3.05) is 6.61 Å². The Bertz CT molecular complexity index is 192. The van der Waals surface area contributed by atoms with Crippen LogP contribution in [0.1, 0.15) is 20.8 Å². The third-order valence-corrected chi connectivity index (χ3v) is 1.35. The fourth-order valence-corrected chi connectivity index (χ4v) is 0.539. The van der Waals surface area contributed by atoms with Crippen LogP contribution in [0.25, 0.3) is 0 Å². The summed E-state index contributed by atoms with van der Waals surface area (Å²) in [6.45, 7) is 5.89. The lowest BCUT2D eigenvalue weighted by Gasteiger charge is -2.13. The number of carbonyl (C=O) groups excluding carboxylic acids is 1. The minimum Gasteiger partial charge on any atom is -0.449 e. The van der Waals surface area contributed by atoms with Crippen LogP contribution in [0.5, 0.6) is 0 Å². The van der Waals surface area contributed by atoms with Crippen molar-refractivity contribution in [3.8, 4) is 0 Å². The summed E-state index contributed by atoms with van der Waals surface area (Å²) in [6, 6.07) is -0.473. The van der Waals surface area contributed by atoms with Gasteiger partial charge in [0, 0.05) is 0 Å². The van der Waals surface area contributed by atoms with Crippen molar-refractivity contribution in [1.82, 2.24) is 5.32 Å². The molecule has 0 aliphatic carbocycles. The zero-order valence-corrected chi connectivity index (χ0v) is 8.26. The molecule has 4 N–H and O–H groups in total. The molecular weight excluding hydrogens is 170 g/mol. The average molecular weight is 187 g/mol. The van der Waals surface area contributed by atoms with Gasteiger partial charge < -0.3 is 15.8 Å². The fraction of sp³-hybridized carbons (Fsp3) is 0.750. The molecule has 0 aliphatic heterocycles. The monoisotopic (exact) mass is 187 g/mol. The van der Waals surface area contributed by atoms with Crippen LogP contribution >= 0.6 is 0 Å². The maximum absolute atomic E-state index is 11.0. The molecule has 0 bridgehead atoms. The number of nitrogens with two attached hydrogens (primary N) is 1. The quantitative estimate of drug-likeness (QED) is 0.447. The predicted molar refractivity (Wildman–Crippen MR) is 50.7 cm³/mol. The average Bonchev–Trinajstić information content (AvgIpc) is 2.00. The van der Waals surface area contributed by atoms with E-state index in [4.69, 9.17) is 15.9 Å². The Hall–Kier alpha value is -1.26. The second-order valence-corrected chi connectivity index (χ2v) is 3.31. The van der Waals surface area contributed by atoms with E-state index in [9.17, 15) is 4.79 Å². The third-order valence-electron chi connectivity index (χ3n) is 1.35. The highest BCUT2D eigenvalue weighted by atomic mass is 16.5. The Labute approximate surface area is 78.1 Å². The molecule has 0 aromatic heterocycles. The molecule has 0 fully saturated rings. The van der Waals surface area contributed by atoms with Crippen LogP contribution < -0.4 is 11.1 Å². The Morgan fingerprint density at radius 1 is 1.54 bits per heavy atom. The maximum Gasteiger partial charge on any atom is 0.407 e. The molecule has 1 amide bonds. The van der Waals surface area contributed by atoms with Gasteiger partial charge in [-0.2, -0.15) is 0 Å². The van der Waals surface area contributed by atoms with E-state index in [1.807, 2.05) is 13.8 Å². The minimum atomic E-state index is -0.531. The smallest absolute Gasteiger partial charge is 0.407 e. The molecule has 5 heteroatoms. The number of nitrogens with one attached hydrogen (secondary N) is 2. The van der Waals surface area contributed by atoms with Crippen LogP contribution in [0.15, 0.2) is 0 Å².